The Morgan fingerprint density at radius 2 is 2.11 bits per heavy atom. The van der Waals surface area contributed by atoms with E-state index in [1.807, 2.05) is 6.07 Å². The number of nitrogens with one attached hydrogen (secondary N) is 1. The van der Waals surface area contributed by atoms with Crippen LogP contribution in [0.5, 0.6) is 0 Å². The third-order valence-corrected chi connectivity index (χ3v) is 4.29. The summed E-state index contributed by atoms with van der Waals surface area (Å²) in [5.41, 5.74) is 0.0891. The second-order valence-electron chi connectivity index (χ2n) is 3.36. The number of aryl methyl sites for hydroxylation is 1. The highest BCUT2D eigenvalue weighted by molar-refractivity contribution is 7.93. The molecule has 0 saturated heterocycles. The minimum atomic E-state index is -3.81. The SMILES string of the molecule is Cc1nsc(NS(=O)(=O)c2ccccc2C#N)n1. The maximum absolute atomic E-state index is 12.1. The molecule has 0 aliphatic carbocycles. The minimum Gasteiger partial charge on any atom is -0.253 e. The molecule has 0 bridgehead atoms. The van der Waals surface area contributed by atoms with E-state index in [-0.39, 0.29) is 15.6 Å². The molecule has 1 heterocycles. The molecular weight excluding hydrogens is 272 g/mol. The van der Waals surface area contributed by atoms with E-state index < -0.39 is 10.0 Å². The van der Waals surface area contributed by atoms with E-state index in [1.165, 1.54) is 12.1 Å². The summed E-state index contributed by atoms with van der Waals surface area (Å²) in [6, 6.07) is 7.82. The van der Waals surface area contributed by atoms with E-state index in [9.17, 15) is 8.42 Å². The van der Waals surface area contributed by atoms with Crippen molar-refractivity contribution in [1.29, 1.82) is 5.26 Å². The summed E-state index contributed by atoms with van der Waals surface area (Å²) in [6.07, 6.45) is 0. The lowest BCUT2D eigenvalue weighted by atomic mass is 10.2. The van der Waals surface area contributed by atoms with Crippen molar-refractivity contribution in [3.63, 3.8) is 0 Å². The third kappa shape index (κ3) is 2.47. The minimum absolute atomic E-state index is 0.0691. The fourth-order valence-corrected chi connectivity index (χ4v) is 3.26. The molecule has 2 aromatic rings. The second-order valence-corrected chi connectivity index (χ2v) is 5.76. The summed E-state index contributed by atoms with van der Waals surface area (Å²) in [4.78, 5) is 3.84. The predicted octanol–water partition coefficient (Wildman–Crippen LogP) is 1.52. The quantitative estimate of drug-likeness (QED) is 0.919. The summed E-state index contributed by atoms with van der Waals surface area (Å²) >= 11 is 0.950. The smallest absolute Gasteiger partial charge is 0.253 e. The van der Waals surface area contributed by atoms with Gasteiger partial charge in [-0.05, 0) is 19.1 Å². The van der Waals surface area contributed by atoms with Gasteiger partial charge >= 0.3 is 0 Å². The number of hydrogen-bond donors (Lipinski definition) is 1. The summed E-state index contributed by atoms with van der Waals surface area (Å²) < 4.78 is 30.3. The maximum Gasteiger partial charge on any atom is 0.265 e. The Kier molecular flexibility index (Phi) is 3.27. The fourth-order valence-electron chi connectivity index (χ4n) is 1.30. The molecule has 0 saturated carbocycles. The Balaban J connectivity index is 2.40. The number of anilines is 1. The van der Waals surface area contributed by atoms with Gasteiger partial charge in [0, 0.05) is 11.5 Å². The molecule has 18 heavy (non-hydrogen) atoms. The third-order valence-electron chi connectivity index (χ3n) is 2.05. The zero-order chi connectivity index (χ0) is 13.2. The van der Waals surface area contributed by atoms with Crippen LogP contribution in [-0.4, -0.2) is 17.8 Å². The molecule has 0 fully saturated rings. The van der Waals surface area contributed by atoms with Gasteiger partial charge in [0.05, 0.1) is 5.56 Å². The highest BCUT2D eigenvalue weighted by Crippen LogP contribution is 2.20. The zero-order valence-corrected chi connectivity index (χ0v) is 10.9. The van der Waals surface area contributed by atoms with E-state index >= 15 is 0 Å². The van der Waals surface area contributed by atoms with E-state index in [1.54, 1.807) is 19.1 Å². The second kappa shape index (κ2) is 4.72. The lowest BCUT2D eigenvalue weighted by Gasteiger charge is -2.05. The van der Waals surface area contributed by atoms with Crippen LogP contribution in [0.4, 0.5) is 5.13 Å². The average Bonchev–Trinajstić information content (AvgIpc) is 2.74. The topological polar surface area (TPSA) is 95.7 Å². The lowest BCUT2D eigenvalue weighted by molar-refractivity contribution is 0.601. The van der Waals surface area contributed by atoms with Crippen LogP contribution in [0.25, 0.3) is 0 Å². The first-order valence-corrected chi connectivity index (χ1v) is 7.11. The molecule has 0 radical (unpaired) electrons. The van der Waals surface area contributed by atoms with Crippen LogP contribution >= 0.6 is 11.5 Å². The van der Waals surface area contributed by atoms with Gasteiger partial charge in [0.2, 0.25) is 5.13 Å². The van der Waals surface area contributed by atoms with Crippen molar-refractivity contribution in [3.8, 4) is 6.07 Å². The largest absolute Gasteiger partial charge is 0.265 e. The summed E-state index contributed by atoms with van der Waals surface area (Å²) in [5.74, 6) is 0.492. The van der Waals surface area contributed by atoms with Crippen molar-refractivity contribution in [2.45, 2.75) is 11.8 Å². The van der Waals surface area contributed by atoms with Gasteiger partial charge in [-0.2, -0.15) is 9.64 Å². The Hall–Kier alpha value is -1.98. The first-order chi connectivity index (χ1) is 8.53. The molecule has 1 aromatic heterocycles. The number of nitriles is 1. The highest BCUT2D eigenvalue weighted by Gasteiger charge is 2.19. The van der Waals surface area contributed by atoms with E-state index in [2.05, 4.69) is 14.1 Å². The maximum atomic E-state index is 12.1. The van der Waals surface area contributed by atoms with Crippen LogP contribution in [0.15, 0.2) is 29.2 Å². The summed E-state index contributed by atoms with van der Waals surface area (Å²) in [7, 11) is -3.81. The Morgan fingerprint density at radius 3 is 2.72 bits per heavy atom. The first-order valence-electron chi connectivity index (χ1n) is 4.85. The molecular formula is C10H8N4O2S2. The first kappa shape index (κ1) is 12.5. The molecule has 1 N–H and O–H groups in total. The van der Waals surface area contributed by atoms with Gasteiger partial charge in [-0.15, -0.1) is 0 Å². The van der Waals surface area contributed by atoms with Crippen molar-refractivity contribution in [3.05, 3.63) is 35.7 Å². The molecule has 6 nitrogen and oxygen atoms in total. The number of rotatable bonds is 3. The molecule has 8 heteroatoms. The zero-order valence-electron chi connectivity index (χ0n) is 9.28. The molecule has 0 aliphatic rings. The number of benzene rings is 1. The number of aromatic nitrogens is 2. The Labute approximate surface area is 108 Å². The molecule has 2 rings (SSSR count). The van der Waals surface area contributed by atoms with Crippen LogP contribution in [0, 0.1) is 18.3 Å². The van der Waals surface area contributed by atoms with Crippen LogP contribution in [0.2, 0.25) is 0 Å². The van der Waals surface area contributed by atoms with Gasteiger partial charge in [0.1, 0.15) is 16.8 Å². The van der Waals surface area contributed by atoms with Crippen LogP contribution < -0.4 is 4.72 Å². The molecule has 0 unspecified atom stereocenters. The average molecular weight is 280 g/mol. The Bertz CT molecular complexity index is 715. The van der Waals surface area contributed by atoms with Crippen LogP contribution in [0.1, 0.15) is 11.4 Å². The van der Waals surface area contributed by atoms with Crippen molar-refractivity contribution in [2.24, 2.45) is 0 Å². The van der Waals surface area contributed by atoms with Crippen LogP contribution in [-0.2, 0) is 10.0 Å². The van der Waals surface area contributed by atoms with Gasteiger partial charge < -0.3 is 0 Å². The fraction of sp³-hybridized carbons (Fsp3) is 0.100. The highest BCUT2D eigenvalue weighted by atomic mass is 32.2. The summed E-state index contributed by atoms with van der Waals surface area (Å²) in [5, 5.41) is 9.07. The number of sulfonamides is 1. The molecule has 1 aromatic carbocycles. The van der Waals surface area contributed by atoms with Gasteiger partial charge in [0.25, 0.3) is 10.0 Å². The van der Waals surface area contributed by atoms with Gasteiger partial charge in [-0.3, -0.25) is 4.72 Å². The molecule has 0 atom stereocenters. The van der Waals surface area contributed by atoms with Crippen LogP contribution in [0.3, 0.4) is 0 Å². The number of hydrogen-bond acceptors (Lipinski definition) is 6. The van der Waals surface area contributed by atoms with Gasteiger partial charge in [-0.1, -0.05) is 12.1 Å². The van der Waals surface area contributed by atoms with E-state index in [0.29, 0.717) is 5.82 Å². The molecule has 0 spiro atoms. The predicted molar refractivity (Wildman–Crippen MR) is 66.6 cm³/mol. The summed E-state index contributed by atoms with van der Waals surface area (Å²) in [6.45, 7) is 1.66. The van der Waals surface area contributed by atoms with Crippen molar-refractivity contribution < 1.29 is 8.42 Å². The molecule has 0 amide bonds. The lowest BCUT2D eigenvalue weighted by Crippen LogP contribution is -2.14. The van der Waals surface area contributed by atoms with Crippen molar-refractivity contribution in [2.75, 3.05) is 4.72 Å². The van der Waals surface area contributed by atoms with Crippen molar-refractivity contribution in [1.82, 2.24) is 9.36 Å². The van der Waals surface area contributed by atoms with Crippen molar-refractivity contribution >= 4 is 26.7 Å². The van der Waals surface area contributed by atoms with E-state index in [4.69, 9.17) is 5.26 Å². The molecule has 92 valence electrons. The molecule has 0 aliphatic heterocycles. The van der Waals surface area contributed by atoms with Gasteiger partial charge in [0.15, 0.2) is 0 Å². The Morgan fingerprint density at radius 1 is 1.39 bits per heavy atom. The standard InChI is InChI=1S/C10H8N4O2S2/c1-7-12-10(17-13-7)14-18(15,16)9-5-3-2-4-8(9)6-11/h2-5H,1H3,(H,12,13,14). The normalized spacial score (nSPS) is 10.9. The van der Waals surface area contributed by atoms with Gasteiger partial charge in [-0.25, -0.2) is 13.4 Å². The monoisotopic (exact) mass is 280 g/mol. The number of nitrogens with zero attached hydrogens (tertiary/aromatic N) is 3. The van der Waals surface area contributed by atoms with E-state index in [0.717, 1.165) is 11.5 Å².